The van der Waals surface area contributed by atoms with Crippen molar-refractivity contribution in [3.05, 3.63) is 47.5 Å². The van der Waals surface area contributed by atoms with Crippen molar-refractivity contribution in [3.8, 4) is 0 Å². The summed E-state index contributed by atoms with van der Waals surface area (Å²) in [5.74, 6) is -1.62. The second-order valence-electron chi connectivity index (χ2n) is 14.6. The van der Waals surface area contributed by atoms with Gasteiger partial charge in [0.2, 0.25) is 35.7 Å². The van der Waals surface area contributed by atoms with E-state index in [1.54, 1.807) is 9.80 Å². The van der Waals surface area contributed by atoms with Gasteiger partial charge in [-0.05, 0) is 48.2 Å². The van der Waals surface area contributed by atoms with Crippen molar-refractivity contribution < 1.29 is 62.1 Å². The molecular formula is C34H44N12O14S4. The van der Waals surface area contributed by atoms with Crippen LogP contribution in [0, 0.1) is 11.8 Å². The van der Waals surface area contributed by atoms with Gasteiger partial charge in [0.15, 0.2) is 0 Å². The molecule has 26 nitrogen and oxygen atoms in total. The molecular weight excluding hydrogens is 929 g/mol. The molecule has 2 aromatic heterocycles. The van der Waals surface area contributed by atoms with Gasteiger partial charge in [0.25, 0.3) is 40.5 Å². The first-order valence-corrected chi connectivity index (χ1v) is 25.2. The number of nitrogens with one attached hydrogen (secondary N) is 4. The molecule has 348 valence electrons. The summed E-state index contributed by atoms with van der Waals surface area (Å²) in [5, 5.41) is 30.2. The molecule has 2 atom stereocenters. The van der Waals surface area contributed by atoms with Gasteiger partial charge in [0, 0.05) is 75.7 Å². The molecule has 0 aliphatic carbocycles. The Morgan fingerprint density at radius 3 is 1.27 bits per heavy atom. The molecule has 2 fully saturated rings. The molecule has 2 aliphatic heterocycles. The third-order valence-electron chi connectivity index (χ3n) is 9.72. The molecule has 30 heteroatoms. The number of aliphatic hydroxyl groups is 2. The minimum atomic E-state index is -4.96. The minimum absolute atomic E-state index is 0.0470. The predicted octanol–water partition coefficient (Wildman–Crippen LogP) is 0.444. The highest BCUT2D eigenvalue weighted by molar-refractivity contribution is 7.86. The summed E-state index contributed by atoms with van der Waals surface area (Å²) in [6.07, 6.45) is 3.61. The quantitative estimate of drug-likeness (QED) is 0.0424. The van der Waals surface area contributed by atoms with Crippen molar-refractivity contribution in [2.75, 3.05) is 95.1 Å². The summed E-state index contributed by atoms with van der Waals surface area (Å²) >= 11 is 0. The van der Waals surface area contributed by atoms with Crippen LogP contribution < -0.4 is 31.1 Å². The fourth-order valence-electron chi connectivity index (χ4n) is 6.58. The highest BCUT2D eigenvalue weighted by atomic mass is 32.2. The van der Waals surface area contributed by atoms with Crippen molar-refractivity contribution >= 4 is 99.7 Å². The molecule has 10 N–H and O–H groups in total. The Morgan fingerprint density at radius 1 is 0.562 bits per heavy atom. The zero-order valence-electron chi connectivity index (χ0n) is 33.4. The minimum Gasteiger partial charge on any atom is -0.396 e. The highest BCUT2D eigenvalue weighted by Crippen LogP contribution is 2.30. The summed E-state index contributed by atoms with van der Waals surface area (Å²) in [5.41, 5.74) is -0.147. The van der Waals surface area contributed by atoms with Crippen molar-refractivity contribution in [1.82, 2.24) is 29.9 Å². The molecule has 64 heavy (non-hydrogen) atoms. The van der Waals surface area contributed by atoms with E-state index < -0.39 is 61.8 Å². The summed E-state index contributed by atoms with van der Waals surface area (Å²) in [6, 6.07) is 7.40. The molecule has 2 saturated heterocycles. The van der Waals surface area contributed by atoms with Crippen LogP contribution in [0.2, 0.25) is 0 Å². The summed E-state index contributed by atoms with van der Waals surface area (Å²) in [7, 11) is -18.6. The summed E-state index contributed by atoms with van der Waals surface area (Å²) in [6.45, 7) is 1.03. The fraction of sp³-hybridized carbons (Fsp3) is 0.412. The van der Waals surface area contributed by atoms with Crippen LogP contribution in [0.25, 0.3) is 12.2 Å². The van der Waals surface area contributed by atoms with Crippen LogP contribution in [0.3, 0.4) is 0 Å². The van der Waals surface area contributed by atoms with Gasteiger partial charge < -0.3 is 41.3 Å². The third-order valence-corrected chi connectivity index (χ3v) is 13.0. The standard InChI is InChI=1S/C34H44N12O14S4/c47-19-21-7-11-45(17-21)33-41-29(35-9-13-61(49,50)51)39-31(43-33)37-25-5-3-23(27(15-25)63(55,56)57)1-2-24-4-6-26(16-28(24)64(58,59)60)38-32-40-30(36-10-14-62(52,53)54)42-34(44-32)46-12-8-22(18-46)20-48/h1-6,15-16,21-22,47-48H,7-14,17-20H2,(H,49,50,51)(H,52,53,54)(H,55,56,57)(H,58,59,60)(H2,35,37,39,41,43)(H2,36,38,40,42,44). The van der Waals surface area contributed by atoms with Gasteiger partial charge in [0.1, 0.15) is 9.79 Å². The zero-order valence-corrected chi connectivity index (χ0v) is 36.7. The molecule has 6 rings (SSSR count). The molecule has 4 aromatic rings. The van der Waals surface area contributed by atoms with Gasteiger partial charge in [-0.3, -0.25) is 18.2 Å². The molecule has 0 radical (unpaired) electrons. The number of anilines is 8. The lowest BCUT2D eigenvalue weighted by Crippen LogP contribution is -2.24. The van der Waals surface area contributed by atoms with Crippen LogP contribution in [0.5, 0.6) is 0 Å². The van der Waals surface area contributed by atoms with Crippen molar-refractivity contribution in [3.63, 3.8) is 0 Å². The molecule has 2 unspecified atom stereocenters. The average molecular weight is 973 g/mol. The Labute approximate surface area is 367 Å². The first-order chi connectivity index (χ1) is 30.0. The molecule has 2 aromatic carbocycles. The normalized spacial score (nSPS) is 17.3. The van der Waals surface area contributed by atoms with E-state index in [0.717, 1.165) is 12.1 Å². The number of benzene rings is 2. The maximum Gasteiger partial charge on any atom is 0.295 e. The molecule has 0 amide bonds. The lowest BCUT2D eigenvalue weighted by molar-refractivity contribution is 0.238. The van der Waals surface area contributed by atoms with Crippen LogP contribution >= 0.6 is 0 Å². The Hall–Kier alpha value is -5.44. The SMILES string of the molecule is O=S(=O)(O)CCNc1nc(Nc2ccc(C=Cc3ccc(Nc4nc(NCCS(=O)(=O)O)nc(N5CCC(CO)C5)n4)cc3S(=O)(=O)O)c(S(=O)(=O)O)c2)nc(N2CCC(CO)C2)n1. The largest absolute Gasteiger partial charge is 0.396 e. The third kappa shape index (κ3) is 13.5. The molecule has 0 spiro atoms. The van der Waals surface area contributed by atoms with Crippen molar-refractivity contribution in [2.45, 2.75) is 22.6 Å². The van der Waals surface area contributed by atoms with Gasteiger partial charge in [-0.2, -0.15) is 63.6 Å². The first kappa shape index (κ1) is 48.0. The number of hydrogen-bond acceptors (Lipinski definition) is 22. The lowest BCUT2D eigenvalue weighted by atomic mass is 10.1. The van der Waals surface area contributed by atoms with Crippen LogP contribution in [-0.4, -0.2) is 156 Å². The van der Waals surface area contributed by atoms with Gasteiger partial charge in [-0.1, -0.05) is 24.3 Å². The van der Waals surface area contributed by atoms with E-state index in [1.807, 2.05) is 0 Å². The highest BCUT2D eigenvalue weighted by Gasteiger charge is 2.27. The average Bonchev–Trinajstić information content (AvgIpc) is 3.90. The van der Waals surface area contributed by atoms with Crippen molar-refractivity contribution in [1.29, 1.82) is 0 Å². The molecule has 2 aliphatic rings. The molecule has 4 heterocycles. The van der Waals surface area contributed by atoms with E-state index in [2.05, 4.69) is 51.2 Å². The number of aromatic nitrogens is 6. The Morgan fingerprint density at radius 2 is 0.938 bits per heavy atom. The predicted molar refractivity (Wildman–Crippen MR) is 232 cm³/mol. The van der Waals surface area contributed by atoms with Crippen molar-refractivity contribution in [2.24, 2.45) is 11.8 Å². The van der Waals surface area contributed by atoms with Gasteiger partial charge >= 0.3 is 0 Å². The number of rotatable bonds is 20. The van der Waals surface area contributed by atoms with Gasteiger partial charge in [-0.15, -0.1) is 0 Å². The zero-order chi connectivity index (χ0) is 46.5. The van der Waals surface area contributed by atoms with Crippen LogP contribution in [0.15, 0.2) is 46.2 Å². The Bertz CT molecular complexity index is 2650. The maximum atomic E-state index is 12.6. The Kier molecular flexibility index (Phi) is 14.8. The van der Waals surface area contributed by atoms with Gasteiger partial charge in [-0.25, -0.2) is 0 Å². The number of nitrogens with zero attached hydrogens (tertiary/aromatic N) is 8. The first-order valence-electron chi connectivity index (χ1n) is 19.1. The van der Waals surface area contributed by atoms with E-state index in [9.17, 15) is 53.0 Å². The lowest BCUT2D eigenvalue weighted by Gasteiger charge is -2.18. The monoisotopic (exact) mass is 972 g/mol. The van der Waals surface area contributed by atoms with E-state index in [1.165, 1.54) is 36.4 Å². The van der Waals surface area contributed by atoms with Crippen LogP contribution in [0.1, 0.15) is 24.0 Å². The topological polar surface area (TPSA) is 390 Å². The summed E-state index contributed by atoms with van der Waals surface area (Å²) in [4.78, 5) is 28.0. The fourth-order valence-corrected chi connectivity index (χ4v) is 8.72. The molecule has 0 bridgehead atoms. The van der Waals surface area contributed by atoms with Crippen LogP contribution in [-0.2, 0) is 40.5 Å². The molecule has 0 saturated carbocycles. The van der Waals surface area contributed by atoms with E-state index in [-0.39, 0.29) is 96.3 Å². The smallest absolute Gasteiger partial charge is 0.295 e. The second kappa shape index (κ2) is 19.7. The van der Waals surface area contributed by atoms with Crippen LogP contribution in [0.4, 0.5) is 47.1 Å². The van der Waals surface area contributed by atoms with E-state index >= 15 is 0 Å². The number of aliphatic hydroxyl groups excluding tert-OH is 2. The maximum absolute atomic E-state index is 12.6. The Balaban J connectivity index is 1.27. The second-order valence-corrected chi connectivity index (χ2v) is 20.5. The van der Waals surface area contributed by atoms with E-state index in [0.29, 0.717) is 39.0 Å². The van der Waals surface area contributed by atoms with E-state index in [4.69, 9.17) is 9.11 Å². The number of hydrogen-bond donors (Lipinski definition) is 10. The van der Waals surface area contributed by atoms with Gasteiger partial charge in [0.05, 0.1) is 11.5 Å². The summed E-state index contributed by atoms with van der Waals surface area (Å²) < 4.78 is 134.